The van der Waals surface area contributed by atoms with E-state index in [9.17, 15) is 0 Å². The van der Waals surface area contributed by atoms with Gasteiger partial charge in [0.05, 0.1) is 12.8 Å². The maximum atomic E-state index is 5.35. The lowest BCUT2D eigenvalue weighted by molar-refractivity contribution is 0.0846. The van der Waals surface area contributed by atoms with E-state index in [4.69, 9.17) is 4.74 Å². The second kappa shape index (κ2) is 6.10. The molecule has 20 heavy (non-hydrogen) atoms. The number of methoxy groups -OCH3 is 1. The molecule has 0 aromatic carbocycles. The van der Waals surface area contributed by atoms with Crippen molar-refractivity contribution in [2.24, 2.45) is 0 Å². The highest BCUT2D eigenvalue weighted by Gasteiger charge is 2.31. The summed E-state index contributed by atoms with van der Waals surface area (Å²) in [6.45, 7) is 11.8. The van der Waals surface area contributed by atoms with E-state index >= 15 is 0 Å². The molecule has 0 amide bonds. The highest BCUT2D eigenvalue weighted by Crippen LogP contribution is 2.21. The van der Waals surface area contributed by atoms with Gasteiger partial charge in [0.25, 0.3) is 0 Å². The van der Waals surface area contributed by atoms with Gasteiger partial charge in [0.2, 0.25) is 0 Å². The van der Waals surface area contributed by atoms with E-state index in [0.29, 0.717) is 6.04 Å². The summed E-state index contributed by atoms with van der Waals surface area (Å²) >= 11 is 0. The predicted octanol–water partition coefficient (Wildman–Crippen LogP) is 2.36. The zero-order chi connectivity index (χ0) is 14.8. The summed E-state index contributed by atoms with van der Waals surface area (Å²) in [7, 11) is 1.71. The molecule has 1 aliphatic heterocycles. The van der Waals surface area contributed by atoms with Crippen LogP contribution in [0.1, 0.15) is 38.6 Å². The van der Waals surface area contributed by atoms with Crippen molar-refractivity contribution < 1.29 is 4.74 Å². The Morgan fingerprint density at radius 3 is 2.85 bits per heavy atom. The first-order valence-electron chi connectivity index (χ1n) is 7.44. The minimum atomic E-state index is 0.166. The Morgan fingerprint density at radius 2 is 2.20 bits per heavy atom. The molecule has 0 radical (unpaired) electrons. The molecule has 1 aromatic rings. The Labute approximate surface area is 122 Å². The fraction of sp³-hybridized carbons (Fsp3) is 0.688. The summed E-state index contributed by atoms with van der Waals surface area (Å²) in [5, 5.41) is 3.62. The Hall–Kier alpha value is -1.13. The molecule has 1 saturated heterocycles. The van der Waals surface area contributed by atoms with Crippen molar-refractivity contribution in [3.8, 4) is 5.75 Å². The van der Waals surface area contributed by atoms with E-state index in [1.807, 2.05) is 13.0 Å². The number of rotatable bonds is 4. The molecule has 2 rings (SSSR count). The average molecular weight is 277 g/mol. The van der Waals surface area contributed by atoms with Gasteiger partial charge < -0.3 is 10.1 Å². The molecule has 1 fully saturated rings. The molecule has 0 aliphatic carbocycles. The molecule has 0 bridgehead atoms. The lowest BCUT2D eigenvalue weighted by Gasteiger charge is -2.44. The number of nitrogens with one attached hydrogen (secondary N) is 1. The number of piperazine rings is 1. The Bertz CT molecular complexity index is 459. The molecule has 0 saturated carbocycles. The van der Waals surface area contributed by atoms with Crippen molar-refractivity contribution in [3.63, 3.8) is 0 Å². The van der Waals surface area contributed by atoms with Crippen molar-refractivity contribution in [2.75, 3.05) is 20.2 Å². The van der Waals surface area contributed by atoms with Gasteiger partial charge in [0, 0.05) is 49.0 Å². The molecule has 2 heterocycles. The van der Waals surface area contributed by atoms with Gasteiger partial charge in [-0.05, 0) is 27.2 Å². The van der Waals surface area contributed by atoms with Gasteiger partial charge in [0.15, 0.2) is 0 Å². The highest BCUT2D eigenvalue weighted by molar-refractivity contribution is 5.26. The van der Waals surface area contributed by atoms with Crippen LogP contribution in [0.15, 0.2) is 12.1 Å². The van der Waals surface area contributed by atoms with Gasteiger partial charge in [-0.25, -0.2) is 0 Å². The van der Waals surface area contributed by atoms with Gasteiger partial charge in [0.1, 0.15) is 5.75 Å². The van der Waals surface area contributed by atoms with Gasteiger partial charge in [-0.1, -0.05) is 6.92 Å². The normalized spacial score (nSPS) is 22.8. The standard InChI is InChI=1S/C16H27N3O/c1-6-14-9-17-16(3,4)11-19(14)10-13-8-15(20-5)7-12(2)18-13/h7-8,14,17H,6,9-11H2,1-5H3. The number of hydrogen-bond acceptors (Lipinski definition) is 4. The number of hydrogen-bond donors (Lipinski definition) is 1. The summed E-state index contributed by atoms with van der Waals surface area (Å²) in [6, 6.07) is 4.60. The van der Waals surface area contributed by atoms with Crippen molar-refractivity contribution >= 4 is 0 Å². The molecule has 4 heteroatoms. The van der Waals surface area contributed by atoms with E-state index in [-0.39, 0.29) is 5.54 Å². The first kappa shape index (κ1) is 15.3. The Balaban J connectivity index is 2.15. The fourth-order valence-electron chi connectivity index (χ4n) is 2.91. The fourth-order valence-corrected chi connectivity index (χ4v) is 2.91. The number of nitrogens with zero attached hydrogens (tertiary/aromatic N) is 2. The summed E-state index contributed by atoms with van der Waals surface area (Å²) in [6.07, 6.45) is 1.16. The first-order valence-corrected chi connectivity index (χ1v) is 7.44. The highest BCUT2D eigenvalue weighted by atomic mass is 16.5. The molecule has 4 nitrogen and oxygen atoms in total. The minimum absolute atomic E-state index is 0.166. The Morgan fingerprint density at radius 1 is 1.45 bits per heavy atom. The molecule has 1 aromatic heterocycles. The van der Waals surface area contributed by atoms with Crippen molar-refractivity contribution in [1.82, 2.24) is 15.2 Å². The molecule has 1 atom stereocenters. The van der Waals surface area contributed by atoms with E-state index in [1.165, 1.54) is 0 Å². The molecule has 1 aliphatic rings. The molecule has 1 unspecified atom stereocenters. The van der Waals surface area contributed by atoms with E-state index in [1.54, 1.807) is 7.11 Å². The summed E-state index contributed by atoms with van der Waals surface area (Å²) in [5.74, 6) is 0.898. The second-order valence-corrected chi connectivity index (χ2v) is 6.37. The van der Waals surface area contributed by atoms with Crippen LogP contribution in [0.2, 0.25) is 0 Å². The van der Waals surface area contributed by atoms with Crippen LogP contribution >= 0.6 is 0 Å². The molecule has 1 N–H and O–H groups in total. The van der Waals surface area contributed by atoms with E-state index in [0.717, 1.165) is 43.2 Å². The summed E-state index contributed by atoms with van der Waals surface area (Å²) < 4.78 is 5.35. The third kappa shape index (κ3) is 3.70. The average Bonchev–Trinajstić information content (AvgIpc) is 2.37. The smallest absolute Gasteiger partial charge is 0.122 e. The third-order valence-corrected chi connectivity index (χ3v) is 3.98. The van der Waals surface area contributed by atoms with Crippen molar-refractivity contribution in [3.05, 3.63) is 23.5 Å². The largest absolute Gasteiger partial charge is 0.497 e. The van der Waals surface area contributed by atoms with Gasteiger partial charge in [-0.15, -0.1) is 0 Å². The number of aryl methyl sites for hydroxylation is 1. The maximum Gasteiger partial charge on any atom is 0.122 e. The topological polar surface area (TPSA) is 37.4 Å². The zero-order valence-corrected chi connectivity index (χ0v) is 13.4. The minimum Gasteiger partial charge on any atom is -0.497 e. The van der Waals surface area contributed by atoms with Crippen LogP contribution in [-0.4, -0.2) is 41.7 Å². The first-order chi connectivity index (χ1) is 9.43. The van der Waals surface area contributed by atoms with Crippen LogP contribution in [0.25, 0.3) is 0 Å². The number of ether oxygens (including phenoxy) is 1. The van der Waals surface area contributed by atoms with Crippen LogP contribution < -0.4 is 10.1 Å². The molecular formula is C16H27N3O. The van der Waals surface area contributed by atoms with E-state index in [2.05, 4.69) is 42.0 Å². The predicted molar refractivity (Wildman–Crippen MR) is 82.1 cm³/mol. The van der Waals surface area contributed by atoms with Gasteiger partial charge >= 0.3 is 0 Å². The van der Waals surface area contributed by atoms with Crippen molar-refractivity contribution in [2.45, 2.75) is 52.2 Å². The van der Waals surface area contributed by atoms with Gasteiger partial charge in [-0.2, -0.15) is 0 Å². The lowest BCUT2D eigenvalue weighted by Crippen LogP contribution is -2.61. The SMILES string of the molecule is CCC1CNC(C)(C)CN1Cc1cc(OC)cc(C)n1. The van der Waals surface area contributed by atoms with Crippen molar-refractivity contribution in [1.29, 1.82) is 0 Å². The van der Waals surface area contributed by atoms with Gasteiger partial charge in [-0.3, -0.25) is 9.88 Å². The second-order valence-electron chi connectivity index (χ2n) is 6.37. The lowest BCUT2D eigenvalue weighted by atomic mass is 9.97. The van der Waals surface area contributed by atoms with Crippen LogP contribution in [0, 0.1) is 6.92 Å². The zero-order valence-electron chi connectivity index (χ0n) is 13.4. The number of aromatic nitrogens is 1. The summed E-state index contributed by atoms with van der Waals surface area (Å²) in [5.41, 5.74) is 2.28. The Kier molecular flexibility index (Phi) is 4.66. The molecular weight excluding hydrogens is 250 g/mol. The molecule has 112 valence electrons. The summed E-state index contributed by atoms with van der Waals surface area (Å²) in [4.78, 5) is 7.19. The van der Waals surface area contributed by atoms with Crippen LogP contribution in [-0.2, 0) is 6.54 Å². The number of pyridine rings is 1. The maximum absolute atomic E-state index is 5.35. The third-order valence-electron chi connectivity index (χ3n) is 3.98. The van der Waals surface area contributed by atoms with Crippen LogP contribution in [0.5, 0.6) is 5.75 Å². The van der Waals surface area contributed by atoms with Crippen LogP contribution in [0.3, 0.4) is 0 Å². The van der Waals surface area contributed by atoms with Crippen LogP contribution in [0.4, 0.5) is 0 Å². The molecule has 0 spiro atoms. The quantitative estimate of drug-likeness (QED) is 0.917. The monoisotopic (exact) mass is 277 g/mol. The van der Waals surface area contributed by atoms with E-state index < -0.39 is 0 Å².